The van der Waals surface area contributed by atoms with Gasteiger partial charge in [0.1, 0.15) is 5.25 Å². The van der Waals surface area contributed by atoms with Gasteiger partial charge < -0.3 is 0 Å². The van der Waals surface area contributed by atoms with Gasteiger partial charge in [-0.3, -0.25) is 4.79 Å². The molecule has 6 heteroatoms. The van der Waals surface area contributed by atoms with Crippen molar-refractivity contribution in [1.82, 2.24) is 0 Å². The van der Waals surface area contributed by atoms with E-state index in [1.807, 2.05) is 43.3 Å². The molecule has 0 aromatic heterocycles. The average Bonchev–Trinajstić information content (AvgIpc) is 3.45. The van der Waals surface area contributed by atoms with Crippen LogP contribution < -0.4 is 0 Å². The lowest BCUT2D eigenvalue weighted by Gasteiger charge is -2.16. The average molecular weight is 427 g/mol. The monoisotopic (exact) mass is 426 g/mol. The molecule has 3 aromatic rings. The molecule has 28 heavy (non-hydrogen) atoms. The van der Waals surface area contributed by atoms with Crippen molar-refractivity contribution in [2.45, 2.75) is 25.4 Å². The number of Topliss-reactive ketones (excluding diaryl/α,β-unsaturated/α-hetero) is 1. The van der Waals surface area contributed by atoms with Crippen LogP contribution in [0.15, 0.2) is 94.7 Å². The molecule has 0 aliphatic carbocycles. The van der Waals surface area contributed by atoms with Gasteiger partial charge in [0.2, 0.25) is 9.84 Å². The van der Waals surface area contributed by atoms with Crippen LogP contribution in [0.2, 0.25) is 0 Å². The van der Waals surface area contributed by atoms with Gasteiger partial charge in [0, 0.05) is 10.5 Å². The molecule has 1 saturated heterocycles. The van der Waals surface area contributed by atoms with Gasteiger partial charge in [-0.15, -0.1) is 11.8 Å². The van der Waals surface area contributed by atoms with Crippen LogP contribution in [0.1, 0.15) is 15.9 Å². The second-order valence-electron chi connectivity index (χ2n) is 6.56. The van der Waals surface area contributed by atoms with Crippen molar-refractivity contribution < 1.29 is 13.2 Å². The van der Waals surface area contributed by atoms with Crippen LogP contribution in [0.5, 0.6) is 0 Å². The fourth-order valence-corrected chi connectivity index (χ4v) is 9.02. The highest BCUT2D eigenvalue weighted by atomic mass is 32.3. The summed E-state index contributed by atoms with van der Waals surface area (Å²) in [5, 5.41) is -0.647. The van der Waals surface area contributed by atoms with Crippen molar-refractivity contribution >= 4 is 39.1 Å². The van der Waals surface area contributed by atoms with Crippen LogP contribution in [0.4, 0.5) is 0 Å². The molecule has 0 unspecified atom stereocenters. The smallest absolute Gasteiger partial charge is 0.204 e. The van der Waals surface area contributed by atoms with Crippen LogP contribution in [-0.2, 0) is 9.84 Å². The summed E-state index contributed by atoms with van der Waals surface area (Å²) in [6.45, 7) is 1.92. The molecule has 142 valence electrons. The Labute approximate surface area is 173 Å². The number of carbonyl (C=O) groups is 1. The summed E-state index contributed by atoms with van der Waals surface area (Å²) in [4.78, 5) is 14.1. The van der Waals surface area contributed by atoms with E-state index in [1.54, 1.807) is 48.5 Å². The minimum atomic E-state index is -3.74. The van der Waals surface area contributed by atoms with Crippen molar-refractivity contribution in [1.29, 1.82) is 0 Å². The molecular weight excluding hydrogens is 408 g/mol. The molecule has 0 radical (unpaired) electrons. The van der Waals surface area contributed by atoms with Crippen LogP contribution in [0.3, 0.4) is 0 Å². The fourth-order valence-electron chi connectivity index (χ4n) is 2.97. The molecule has 0 spiro atoms. The molecule has 1 heterocycles. The van der Waals surface area contributed by atoms with Crippen molar-refractivity contribution in [3.8, 4) is 0 Å². The summed E-state index contributed by atoms with van der Waals surface area (Å²) in [5.74, 6) is -0.148. The first-order chi connectivity index (χ1) is 13.4. The maximum Gasteiger partial charge on any atom is 0.204 e. The van der Waals surface area contributed by atoms with Crippen molar-refractivity contribution in [2.24, 2.45) is 0 Å². The van der Waals surface area contributed by atoms with Crippen LogP contribution >= 0.6 is 23.5 Å². The molecule has 1 aliphatic rings. The van der Waals surface area contributed by atoms with Crippen LogP contribution in [-0.4, -0.2) is 22.9 Å². The second-order valence-corrected chi connectivity index (χ2v) is 12.1. The van der Waals surface area contributed by atoms with E-state index in [9.17, 15) is 13.2 Å². The van der Waals surface area contributed by atoms with E-state index < -0.39 is 18.5 Å². The van der Waals surface area contributed by atoms with Crippen molar-refractivity contribution in [3.63, 3.8) is 0 Å². The summed E-state index contributed by atoms with van der Waals surface area (Å²) in [5.41, 5.74) is 1.53. The lowest BCUT2D eigenvalue weighted by atomic mass is 10.1. The SMILES string of the molecule is Cc1ccc(S(=O)(=O)[C@]2(Sc3ccccc3)S[C@H]2C(=O)c2ccccc2)cc1. The molecule has 1 fully saturated rings. The fraction of sp³-hybridized carbons (Fsp3) is 0.136. The van der Waals surface area contributed by atoms with E-state index in [-0.39, 0.29) is 10.7 Å². The molecular formula is C22H18O3S3. The highest BCUT2D eigenvalue weighted by molar-refractivity contribution is 8.38. The van der Waals surface area contributed by atoms with E-state index >= 15 is 0 Å². The molecule has 3 nitrogen and oxygen atoms in total. The lowest BCUT2D eigenvalue weighted by Crippen LogP contribution is -2.27. The Morgan fingerprint density at radius 3 is 2.07 bits per heavy atom. The molecule has 0 saturated carbocycles. The van der Waals surface area contributed by atoms with Gasteiger partial charge in [-0.05, 0) is 31.2 Å². The Morgan fingerprint density at radius 1 is 0.893 bits per heavy atom. The topological polar surface area (TPSA) is 51.2 Å². The molecule has 0 bridgehead atoms. The normalized spacial score (nSPS) is 21.2. The Kier molecular flexibility index (Phi) is 5.12. The van der Waals surface area contributed by atoms with E-state index in [0.29, 0.717) is 5.56 Å². The van der Waals surface area contributed by atoms with Crippen molar-refractivity contribution in [3.05, 3.63) is 96.1 Å². The summed E-state index contributed by atoms with van der Waals surface area (Å²) in [6, 6.07) is 25.1. The largest absolute Gasteiger partial charge is 0.293 e. The summed E-state index contributed by atoms with van der Waals surface area (Å²) in [7, 11) is -3.74. The number of hydrogen-bond acceptors (Lipinski definition) is 5. The lowest BCUT2D eigenvalue weighted by molar-refractivity contribution is 0.0999. The van der Waals surface area contributed by atoms with E-state index in [0.717, 1.165) is 10.5 Å². The molecule has 1 aliphatic heterocycles. The highest BCUT2D eigenvalue weighted by Crippen LogP contribution is 2.68. The van der Waals surface area contributed by atoms with Gasteiger partial charge in [0.25, 0.3) is 0 Å². The Hall–Kier alpha value is -2.02. The zero-order valence-corrected chi connectivity index (χ0v) is 17.6. The molecule has 0 N–H and O–H groups in total. The van der Waals surface area contributed by atoms with Crippen LogP contribution in [0, 0.1) is 6.92 Å². The van der Waals surface area contributed by atoms with Crippen LogP contribution in [0.25, 0.3) is 0 Å². The third kappa shape index (κ3) is 3.41. The van der Waals surface area contributed by atoms with Gasteiger partial charge in [-0.2, -0.15) is 0 Å². The number of ketones is 1. The first-order valence-electron chi connectivity index (χ1n) is 8.76. The number of rotatable bonds is 6. The van der Waals surface area contributed by atoms with Gasteiger partial charge in [0.15, 0.2) is 9.19 Å². The predicted molar refractivity (Wildman–Crippen MR) is 116 cm³/mol. The first kappa shape index (κ1) is 19.3. The quantitative estimate of drug-likeness (QED) is 0.400. The maximum atomic E-state index is 13.6. The minimum absolute atomic E-state index is 0.148. The van der Waals surface area contributed by atoms with Gasteiger partial charge in [0.05, 0.1) is 4.90 Å². The molecule has 0 amide bonds. The second kappa shape index (κ2) is 7.43. The zero-order chi connectivity index (χ0) is 19.8. The third-order valence-corrected chi connectivity index (χ3v) is 11.3. The summed E-state index contributed by atoms with van der Waals surface area (Å²) in [6.07, 6.45) is 0. The number of thioether (sulfide) groups is 2. The Balaban J connectivity index is 1.75. The minimum Gasteiger partial charge on any atom is -0.293 e. The number of benzene rings is 3. The number of carbonyl (C=O) groups excluding carboxylic acids is 1. The molecule has 2 atom stereocenters. The van der Waals surface area contributed by atoms with E-state index in [2.05, 4.69) is 0 Å². The molecule has 3 aromatic carbocycles. The molecule has 4 rings (SSSR count). The maximum absolute atomic E-state index is 13.6. The third-order valence-electron chi connectivity index (χ3n) is 4.55. The van der Waals surface area contributed by atoms with Gasteiger partial charge in [-0.1, -0.05) is 78.0 Å². The zero-order valence-electron chi connectivity index (χ0n) is 15.1. The highest BCUT2D eigenvalue weighted by Gasteiger charge is 2.69. The number of aryl methyl sites for hydroxylation is 1. The first-order valence-corrected chi connectivity index (χ1v) is 11.9. The predicted octanol–water partition coefficient (Wildman–Crippen LogP) is 5.21. The van der Waals surface area contributed by atoms with E-state index in [1.165, 1.54) is 23.5 Å². The summed E-state index contributed by atoms with van der Waals surface area (Å²) >= 11 is 2.46. The van der Waals surface area contributed by atoms with Gasteiger partial charge >= 0.3 is 0 Å². The number of sulfone groups is 1. The number of hydrogen-bond donors (Lipinski definition) is 0. The van der Waals surface area contributed by atoms with Gasteiger partial charge in [-0.25, -0.2) is 8.42 Å². The standard InChI is InChI=1S/C22H18O3S3/c1-16-12-14-19(15-13-16)28(24,25)22(26-18-10-6-3-7-11-18)21(27-22)20(23)17-8-4-2-5-9-17/h2-15,21H,1H3/t21-,22+/m0/s1. The Bertz CT molecular complexity index is 1090. The Morgan fingerprint density at radius 2 is 1.46 bits per heavy atom. The summed E-state index contributed by atoms with van der Waals surface area (Å²) < 4.78 is 25.9. The van der Waals surface area contributed by atoms with E-state index in [4.69, 9.17) is 0 Å². The van der Waals surface area contributed by atoms with Crippen molar-refractivity contribution in [2.75, 3.05) is 0 Å².